The third-order valence-corrected chi connectivity index (χ3v) is 2.24. The monoisotopic (exact) mass is 224 g/mol. The minimum Gasteiger partial charge on any atom is -0.207 e. The van der Waals surface area contributed by atoms with Crippen molar-refractivity contribution in [3.8, 4) is 0 Å². The first-order valence-corrected chi connectivity index (χ1v) is 4.46. The standard InChI is InChI=1S/C9H8Cl2F2/c1-9(12,13)5-6-2-3-7(10)8(11)4-6/h2-4H,5H2,1H3. The van der Waals surface area contributed by atoms with Crippen molar-refractivity contribution >= 4 is 23.2 Å². The molecule has 0 amide bonds. The van der Waals surface area contributed by atoms with Gasteiger partial charge in [0.05, 0.1) is 10.0 Å². The number of benzene rings is 1. The zero-order valence-corrected chi connectivity index (χ0v) is 8.46. The fraction of sp³-hybridized carbons (Fsp3) is 0.333. The molecule has 4 heteroatoms. The van der Waals surface area contributed by atoms with Crippen LogP contribution < -0.4 is 0 Å². The molecule has 0 heterocycles. The van der Waals surface area contributed by atoms with Crippen LogP contribution >= 0.6 is 23.2 Å². The molecule has 0 atom stereocenters. The summed E-state index contributed by atoms with van der Waals surface area (Å²) in [5.41, 5.74) is 0.488. The first kappa shape index (κ1) is 10.7. The summed E-state index contributed by atoms with van der Waals surface area (Å²) in [7, 11) is 0. The van der Waals surface area contributed by atoms with Crippen LogP contribution in [0.1, 0.15) is 12.5 Å². The Balaban J connectivity index is 2.86. The van der Waals surface area contributed by atoms with Gasteiger partial charge in [0, 0.05) is 6.42 Å². The van der Waals surface area contributed by atoms with Gasteiger partial charge in [-0.3, -0.25) is 0 Å². The molecule has 0 saturated heterocycles. The van der Waals surface area contributed by atoms with E-state index in [1.807, 2.05) is 0 Å². The molecule has 0 unspecified atom stereocenters. The highest BCUT2D eigenvalue weighted by atomic mass is 35.5. The molecule has 72 valence electrons. The lowest BCUT2D eigenvalue weighted by Gasteiger charge is -2.10. The highest BCUT2D eigenvalue weighted by Gasteiger charge is 2.21. The van der Waals surface area contributed by atoms with Crippen LogP contribution in [0.3, 0.4) is 0 Å². The molecule has 0 aromatic heterocycles. The summed E-state index contributed by atoms with van der Waals surface area (Å²) in [5, 5.41) is 0.688. The number of halogens is 4. The van der Waals surface area contributed by atoms with Crippen LogP contribution in [0.15, 0.2) is 18.2 Å². The van der Waals surface area contributed by atoms with Gasteiger partial charge in [-0.1, -0.05) is 29.3 Å². The quantitative estimate of drug-likeness (QED) is 0.707. The van der Waals surface area contributed by atoms with E-state index in [4.69, 9.17) is 23.2 Å². The van der Waals surface area contributed by atoms with E-state index < -0.39 is 5.92 Å². The van der Waals surface area contributed by atoms with Gasteiger partial charge in [0.2, 0.25) is 5.92 Å². The highest BCUT2D eigenvalue weighted by molar-refractivity contribution is 6.42. The maximum atomic E-state index is 12.6. The number of hydrogen-bond acceptors (Lipinski definition) is 0. The molecular formula is C9H8Cl2F2. The van der Waals surface area contributed by atoms with Crippen LogP contribution in [0.2, 0.25) is 10.0 Å². The summed E-state index contributed by atoms with van der Waals surface area (Å²) in [6.07, 6.45) is -0.316. The Morgan fingerprint density at radius 1 is 1.23 bits per heavy atom. The van der Waals surface area contributed by atoms with Gasteiger partial charge in [-0.2, -0.15) is 0 Å². The Morgan fingerprint density at radius 2 is 1.85 bits per heavy atom. The molecule has 0 aliphatic carbocycles. The van der Waals surface area contributed by atoms with Crippen molar-refractivity contribution in [1.82, 2.24) is 0 Å². The maximum Gasteiger partial charge on any atom is 0.249 e. The molecule has 0 saturated carbocycles. The predicted molar refractivity (Wildman–Crippen MR) is 50.8 cm³/mol. The molecule has 1 rings (SSSR count). The number of hydrogen-bond donors (Lipinski definition) is 0. The fourth-order valence-electron chi connectivity index (χ4n) is 1.01. The Labute approximate surface area is 85.5 Å². The van der Waals surface area contributed by atoms with Crippen molar-refractivity contribution in [2.45, 2.75) is 19.3 Å². The van der Waals surface area contributed by atoms with Crippen LogP contribution in [-0.2, 0) is 6.42 Å². The number of alkyl halides is 2. The van der Waals surface area contributed by atoms with E-state index in [0.717, 1.165) is 6.92 Å². The van der Waals surface area contributed by atoms with Gasteiger partial charge in [0.25, 0.3) is 0 Å². The van der Waals surface area contributed by atoms with E-state index in [2.05, 4.69) is 0 Å². The normalized spacial score (nSPS) is 11.8. The lowest BCUT2D eigenvalue weighted by Crippen LogP contribution is -2.13. The second-order valence-electron chi connectivity index (χ2n) is 3.00. The molecule has 0 aliphatic heterocycles. The van der Waals surface area contributed by atoms with E-state index >= 15 is 0 Å². The summed E-state index contributed by atoms with van der Waals surface area (Å²) in [5.74, 6) is -2.71. The Morgan fingerprint density at radius 3 is 2.31 bits per heavy atom. The average Bonchev–Trinajstić information content (AvgIpc) is 1.94. The summed E-state index contributed by atoms with van der Waals surface area (Å²) in [6.45, 7) is 0.871. The summed E-state index contributed by atoms with van der Waals surface area (Å²) in [6, 6.07) is 4.53. The summed E-state index contributed by atoms with van der Waals surface area (Å²) >= 11 is 11.3. The third kappa shape index (κ3) is 3.49. The molecule has 0 N–H and O–H groups in total. The van der Waals surface area contributed by atoms with Gasteiger partial charge in [-0.05, 0) is 24.6 Å². The van der Waals surface area contributed by atoms with Crippen LogP contribution in [0.25, 0.3) is 0 Å². The van der Waals surface area contributed by atoms with E-state index in [9.17, 15) is 8.78 Å². The van der Waals surface area contributed by atoms with Gasteiger partial charge < -0.3 is 0 Å². The second-order valence-corrected chi connectivity index (χ2v) is 3.81. The summed E-state index contributed by atoms with van der Waals surface area (Å²) in [4.78, 5) is 0. The molecule has 0 aliphatic rings. The molecule has 1 aromatic carbocycles. The average molecular weight is 225 g/mol. The maximum absolute atomic E-state index is 12.6. The molecule has 0 radical (unpaired) electrons. The third-order valence-electron chi connectivity index (χ3n) is 1.50. The fourth-order valence-corrected chi connectivity index (χ4v) is 1.33. The van der Waals surface area contributed by atoms with Crippen LogP contribution in [-0.4, -0.2) is 5.92 Å². The molecule has 0 nitrogen and oxygen atoms in total. The van der Waals surface area contributed by atoms with Gasteiger partial charge >= 0.3 is 0 Å². The van der Waals surface area contributed by atoms with Crippen molar-refractivity contribution in [1.29, 1.82) is 0 Å². The Hall–Kier alpha value is -0.340. The first-order chi connectivity index (χ1) is 5.88. The van der Waals surface area contributed by atoms with E-state index in [-0.39, 0.29) is 6.42 Å². The largest absolute Gasteiger partial charge is 0.249 e. The topological polar surface area (TPSA) is 0 Å². The van der Waals surface area contributed by atoms with Gasteiger partial charge in [0.1, 0.15) is 0 Å². The SMILES string of the molecule is CC(F)(F)Cc1ccc(Cl)c(Cl)c1. The molecule has 0 spiro atoms. The van der Waals surface area contributed by atoms with Crippen LogP contribution in [0, 0.1) is 0 Å². The van der Waals surface area contributed by atoms with Crippen LogP contribution in [0.4, 0.5) is 8.78 Å². The summed E-state index contributed by atoms with van der Waals surface area (Å²) < 4.78 is 25.1. The van der Waals surface area contributed by atoms with Crippen molar-refractivity contribution in [3.63, 3.8) is 0 Å². The molecule has 1 aromatic rings. The second kappa shape index (κ2) is 3.81. The smallest absolute Gasteiger partial charge is 0.207 e. The minimum atomic E-state index is -2.71. The Kier molecular flexibility index (Phi) is 3.14. The van der Waals surface area contributed by atoms with Crippen molar-refractivity contribution in [2.24, 2.45) is 0 Å². The predicted octanol–water partition coefficient (Wildman–Crippen LogP) is 4.19. The highest BCUT2D eigenvalue weighted by Crippen LogP contribution is 2.26. The van der Waals surface area contributed by atoms with E-state index in [1.54, 1.807) is 6.07 Å². The molecule has 0 bridgehead atoms. The lowest BCUT2D eigenvalue weighted by atomic mass is 10.1. The van der Waals surface area contributed by atoms with E-state index in [0.29, 0.717) is 15.6 Å². The molecular weight excluding hydrogens is 217 g/mol. The van der Waals surface area contributed by atoms with Crippen molar-refractivity contribution < 1.29 is 8.78 Å². The zero-order chi connectivity index (χ0) is 10.1. The van der Waals surface area contributed by atoms with Gasteiger partial charge in [-0.15, -0.1) is 0 Å². The minimum absolute atomic E-state index is 0.309. The van der Waals surface area contributed by atoms with Crippen LogP contribution in [0.5, 0.6) is 0 Å². The molecule has 0 fully saturated rings. The first-order valence-electron chi connectivity index (χ1n) is 3.70. The zero-order valence-electron chi connectivity index (χ0n) is 6.95. The lowest BCUT2D eigenvalue weighted by molar-refractivity contribution is 0.0226. The molecule has 13 heavy (non-hydrogen) atoms. The van der Waals surface area contributed by atoms with Gasteiger partial charge in [0.15, 0.2) is 0 Å². The van der Waals surface area contributed by atoms with E-state index in [1.165, 1.54) is 12.1 Å². The van der Waals surface area contributed by atoms with Crippen molar-refractivity contribution in [2.75, 3.05) is 0 Å². The van der Waals surface area contributed by atoms with Gasteiger partial charge in [-0.25, -0.2) is 8.78 Å². The Bertz CT molecular complexity index is 305. The number of rotatable bonds is 2. The van der Waals surface area contributed by atoms with Crippen molar-refractivity contribution in [3.05, 3.63) is 33.8 Å².